The molecule has 0 unspecified atom stereocenters. The maximum atomic E-state index is 11.9. The summed E-state index contributed by atoms with van der Waals surface area (Å²) in [7, 11) is 0. The van der Waals surface area contributed by atoms with Gasteiger partial charge in [-0.1, -0.05) is 65.8 Å². The Morgan fingerprint density at radius 2 is 1.65 bits per heavy atom. The Kier molecular flexibility index (Phi) is 4.54. The zero-order chi connectivity index (χ0) is 21.5. The molecule has 0 aliphatic carbocycles. The lowest BCUT2D eigenvalue weighted by molar-refractivity contribution is -0.387. The molecule has 8 nitrogen and oxygen atoms in total. The number of hydrogen-bond acceptors (Lipinski definition) is 7. The Hall–Kier alpha value is -3.94. The number of aromatic nitrogens is 1. The second kappa shape index (κ2) is 7.39. The van der Waals surface area contributed by atoms with E-state index < -0.39 is 22.9 Å². The molecule has 8 heteroatoms. The van der Waals surface area contributed by atoms with Crippen LogP contribution in [0.3, 0.4) is 0 Å². The third-order valence-electron chi connectivity index (χ3n) is 5.63. The minimum absolute atomic E-state index is 0.116. The number of nitro groups is 1. The third-order valence-corrected chi connectivity index (χ3v) is 5.63. The molecular formula is C23H20N4O4. The van der Waals surface area contributed by atoms with Gasteiger partial charge in [0, 0.05) is 6.08 Å². The van der Waals surface area contributed by atoms with Gasteiger partial charge in [0.2, 0.25) is 5.76 Å². The van der Waals surface area contributed by atoms with Crippen molar-refractivity contribution in [2.24, 2.45) is 4.99 Å². The fraction of sp³-hybridized carbons (Fsp3) is 0.217. The Labute approximate surface area is 178 Å². The molecule has 0 fully saturated rings. The predicted octanol–water partition coefficient (Wildman–Crippen LogP) is 5.02. The number of aryl methyl sites for hydroxylation is 1. The molecule has 0 spiro atoms. The molecule has 0 N–H and O–H groups in total. The van der Waals surface area contributed by atoms with Gasteiger partial charge in [-0.05, 0) is 25.0 Å². The lowest BCUT2D eigenvalue weighted by Crippen LogP contribution is -2.40. The van der Waals surface area contributed by atoms with Crippen LogP contribution >= 0.6 is 0 Å². The Morgan fingerprint density at radius 3 is 2.29 bits per heavy atom. The number of amidine groups is 1. The molecule has 2 aliphatic heterocycles. The summed E-state index contributed by atoms with van der Waals surface area (Å²) < 4.78 is 5.61. The zero-order valence-corrected chi connectivity index (χ0v) is 17.0. The van der Waals surface area contributed by atoms with E-state index in [1.165, 1.54) is 0 Å². The maximum Gasteiger partial charge on any atom is 0.334 e. The minimum Gasteiger partial charge on any atom is -0.382 e. The van der Waals surface area contributed by atoms with Gasteiger partial charge in [-0.2, -0.15) is 5.06 Å². The number of benzene rings is 2. The van der Waals surface area contributed by atoms with E-state index >= 15 is 0 Å². The van der Waals surface area contributed by atoms with Crippen molar-refractivity contribution < 1.29 is 14.3 Å². The van der Waals surface area contributed by atoms with Gasteiger partial charge in [-0.15, -0.1) is 0 Å². The fourth-order valence-corrected chi connectivity index (χ4v) is 4.34. The highest BCUT2D eigenvalue weighted by atomic mass is 16.7. The smallest absolute Gasteiger partial charge is 0.334 e. The van der Waals surface area contributed by atoms with Crippen LogP contribution in [0.25, 0.3) is 0 Å². The van der Waals surface area contributed by atoms with Gasteiger partial charge >= 0.3 is 5.69 Å². The number of fused-ring (bicyclic) bond motifs is 1. The topological polar surface area (TPSA) is 94.0 Å². The van der Waals surface area contributed by atoms with Gasteiger partial charge in [-0.3, -0.25) is 15.1 Å². The van der Waals surface area contributed by atoms with E-state index in [0.717, 1.165) is 11.1 Å². The molecule has 0 radical (unpaired) electrons. The fourth-order valence-electron chi connectivity index (χ4n) is 4.34. The molecular weight excluding hydrogens is 396 g/mol. The van der Waals surface area contributed by atoms with Gasteiger partial charge < -0.3 is 9.36 Å². The molecule has 2 aromatic carbocycles. The van der Waals surface area contributed by atoms with Crippen LogP contribution in [0.2, 0.25) is 0 Å². The van der Waals surface area contributed by atoms with Crippen molar-refractivity contribution in [1.29, 1.82) is 0 Å². The van der Waals surface area contributed by atoms with Crippen molar-refractivity contribution in [1.82, 2.24) is 10.2 Å². The van der Waals surface area contributed by atoms with E-state index in [4.69, 9.17) is 14.4 Å². The summed E-state index contributed by atoms with van der Waals surface area (Å²) in [6, 6.07) is 18.7. The number of rotatable bonds is 4. The van der Waals surface area contributed by atoms with Crippen molar-refractivity contribution in [3.05, 3.63) is 105 Å². The van der Waals surface area contributed by atoms with Gasteiger partial charge in [0.05, 0.1) is 16.9 Å². The molecule has 0 amide bonds. The molecule has 3 atom stereocenters. The van der Waals surface area contributed by atoms with Crippen LogP contribution in [0.1, 0.15) is 47.5 Å². The zero-order valence-electron chi connectivity index (χ0n) is 17.0. The summed E-state index contributed by atoms with van der Waals surface area (Å²) in [4.78, 5) is 22.4. The lowest BCUT2D eigenvalue weighted by atomic mass is 9.80. The average Bonchev–Trinajstić information content (AvgIpc) is 3.35. The molecule has 3 heterocycles. The Morgan fingerprint density at radius 1 is 1.00 bits per heavy atom. The molecule has 156 valence electrons. The summed E-state index contributed by atoms with van der Waals surface area (Å²) in [5, 5.41) is 17.6. The molecule has 0 saturated heterocycles. The van der Waals surface area contributed by atoms with Crippen molar-refractivity contribution in [3.8, 4) is 0 Å². The summed E-state index contributed by atoms with van der Waals surface area (Å²) >= 11 is 0. The minimum atomic E-state index is -0.533. The second-order valence-electron chi connectivity index (χ2n) is 7.63. The first-order chi connectivity index (χ1) is 15.0. The summed E-state index contributed by atoms with van der Waals surface area (Å²) in [5.41, 5.74) is 1.99. The second-order valence-corrected chi connectivity index (χ2v) is 7.63. The average molecular weight is 416 g/mol. The van der Waals surface area contributed by atoms with E-state index in [0.29, 0.717) is 11.6 Å². The van der Waals surface area contributed by atoms with E-state index in [9.17, 15) is 10.1 Å². The number of aliphatic imine (C=N–C) groups is 1. The molecule has 0 saturated carbocycles. The third kappa shape index (κ3) is 3.16. The van der Waals surface area contributed by atoms with E-state index in [2.05, 4.69) is 5.16 Å². The van der Waals surface area contributed by atoms with Crippen LogP contribution < -0.4 is 0 Å². The Bertz CT molecular complexity index is 1190. The van der Waals surface area contributed by atoms with Crippen LogP contribution in [0.15, 0.2) is 82.0 Å². The first-order valence-electron chi connectivity index (χ1n) is 9.98. The van der Waals surface area contributed by atoms with E-state index in [1.54, 1.807) is 12.0 Å². The van der Waals surface area contributed by atoms with Gasteiger partial charge in [0.25, 0.3) is 0 Å². The van der Waals surface area contributed by atoms with Crippen molar-refractivity contribution >= 4 is 11.5 Å². The number of allylic oxidation sites excluding steroid dienone is 1. The lowest BCUT2D eigenvalue weighted by Gasteiger charge is -2.40. The standard InChI is InChI=1S/C23H20N4O4/c1-14-13-18-24-20(16-9-5-3-6-10-16)19(23-21(27(28)29)15(2)25-30-23)22(26(18)31-14)17-11-7-4-8-12-17/h3-13,19-20,22H,1-2H3/t19-,20+,22+/m1/s1. The van der Waals surface area contributed by atoms with Gasteiger partial charge in [0.15, 0.2) is 11.5 Å². The summed E-state index contributed by atoms with van der Waals surface area (Å²) in [6.45, 7) is 3.44. The van der Waals surface area contributed by atoms with Crippen LogP contribution in [0, 0.1) is 17.0 Å². The van der Waals surface area contributed by atoms with Crippen molar-refractivity contribution in [3.63, 3.8) is 0 Å². The monoisotopic (exact) mass is 416 g/mol. The van der Waals surface area contributed by atoms with Gasteiger partial charge in [0.1, 0.15) is 11.8 Å². The van der Waals surface area contributed by atoms with E-state index in [-0.39, 0.29) is 17.1 Å². The summed E-state index contributed by atoms with van der Waals surface area (Å²) in [5.74, 6) is 1.04. The highest BCUT2D eigenvalue weighted by Crippen LogP contribution is 2.52. The van der Waals surface area contributed by atoms with Crippen LogP contribution in [-0.2, 0) is 4.84 Å². The highest BCUT2D eigenvalue weighted by molar-refractivity contribution is 5.95. The molecule has 3 aromatic rings. The van der Waals surface area contributed by atoms with Gasteiger partial charge in [-0.25, -0.2) is 0 Å². The first-order valence-corrected chi connectivity index (χ1v) is 9.98. The molecule has 31 heavy (non-hydrogen) atoms. The first kappa shape index (κ1) is 19.0. The SMILES string of the molecule is CC1=CC2=N[C@@H](c3ccccc3)[C@@H](c3onc(C)c3[N+](=O)[O-])[C@H](c3ccccc3)N2O1. The largest absolute Gasteiger partial charge is 0.382 e. The number of nitrogens with zero attached hydrogens (tertiary/aromatic N) is 4. The Balaban J connectivity index is 1.77. The number of hydrogen-bond donors (Lipinski definition) is 0. The van der Waals surface area contributed by atoms with Crippen LogP contribution in [0.4, 0.5) is 5.69 Å². The van der Waals surface area contributed by atoms with E-state index in [1.807, 2.05) is 73.7 Å². The van der Waals surface area contributed by atoms with Crippen molar-refractivity contribution in [2.45, 2.75) is 31.8 Å². The quantitative estimate of drug-likeness (QED) is 0.438. The van der Waals surface area contributed by atoms with Crippen molar-refractivity contribution in [2.75, 3.05) is 0 Å². The predicted molar refractivity (Wildman–Crippen MR) is 113 cm³/mol. The molecule has 0 bridgehead atoms. The van der Waals surface area contributed by atoms with Crippen LogP contribution in [-0.4, -0.2) is 21.0 Å². The highest BCUT2D eigenvalue weighted by Gasteiger charge is 2.49. The molecule has 1 aromatic heterocycles. The molecule has 2 aliphatic rings. The molecule has 5 rings (SSSR count). The normalized spacial score (nSPS) is 22.4. The number of hydroxylamine groups is 2. The summed E-state index contributed by atoms with van der Waals surface area (Å²) in [6.07, 6.45) is 1.88. The van der Waals surface area contributed by atoms with Crippen LogP contribution in [0.5, 0.6) is 0 Å². The maximum absolute atomic E-state index is 11.9.